The highest BCUT2D eigenvalue weighted by molar-refractivity contribution is 5.59. The Kier molecular flexibility index (Phi) is 4.30. The standard InChI is InChI=1S/C14H18N4O/c1-11-4-3-5-12(8-11)17-13-9-14(16-10-15-13)18(2)6-7-19/h3-5,8-10,19H,6-7H2,1-2H3,(H,15,16,17). The Hall–Kier alpha value is -2.14. The van der Waals surface area contributed by atoms with Crippen molar-refractivity contribution in [2.24, 2.45) is 0 Å². The molecule has 1 heterocycles. The molecule has 19 heavy (non-hydrogen) atoms. The number of benzene rings is 1. The molecule has 0 spiro atoms. The van der Waals surface area contributed by atoms with Crippen LogP contribution in [0.25, 0.3) is 0 Å². The first-order valence-corrected chi connectivity index (χ1v) is 6.17. The number of hydrogen-bond acceptors (Lipinski definition) is 5. The summed E-state index contributed by atoms with van der Waals surface area (Å²) in [6.45, 7) is 2.69. The van der Waals surface area contributed by atoms with E-state index in [1.54, 1.807) is 0 Å². The fourth-order valence-corrected chi connectivity index (χ4v) is 1.76. The quantitative estimate of drug-likeness (QED) is 0.858. The lowest BCUT2D eigenvalue weighted by Crippen LogP contribution is -2.22. The van der Waals surface area contributed by atoms with Crippen LogP contribution in [0, 0.1) is 6.92 Å². The van der Waals surface area contributed by atoms with Gasteiger partial charge in [0, 0.05) is 25.3 Å². The molecule has 0 bridgehead atoms. The molecule has 0 saturated carbocycles. The molecule has 5 heteroatoms. The van der Waals surface area contributed by atoms with Gasteiger partial charge in [0.15, 0.2) is 0 Å². The molecular weight excluding hydrogens is 240 g/mol. The Balaban J connectivity index is 2.15. The van der Waals surface area contributed by atoms with Gasteiger partial charge >= 0.3 is 0 Å². The van der Waals surface area contributed by atoms with Gasteiger partial charge in [-0.1, -0.05) is 12.1 Å². The van der Waals surface area contributed by atoms with Crippen molar-refractivity contribution in [2.45, 2.75) is 6.92 Å². The van der Waals surface area contributed by atoms with E-state index < -0.39 is 0 Å². The Morgan fingerprint density at radius 3 is 2.84 bits per heavy atom. The van der Waals surface area contributed by atoms with E-state index in [9.17, 15) is 0 Å². The molecule has 2 N–H and O–H groups in total. The van der Waals surface area contributed by atoms with Crippen LogP contribution in [0.2, 0.25) is 0 Å². The van der Waals surface area contributed by atoms with Gasteiger partial charge in [0.2, 0.25) is 0 Å². The summed E-state index contributed by atoms with van der Waals surface area (Å²) < 4.78 is 0. The Morgan fingerprint density at radius 1 is 1.26 bits per heavy atom. The van der Waals surface area contributed by atoms with E-state index in [-0.39, 0.29) is 6.61 Å². The summed E-state index contributed by atoms with van der Waals surface area (Å²) in [6, 6.07) is 9.95. The smallest absolute Gasteiger partial charge is 0.135 e. The number of rotatable bonds is 5. The molecule has 1 aromatic heterocycles. The number of hydrogen-bond donors (Lipinski definition) is 2. The molecule has 100 valence electrons. The lowest BCUT2D eigenvalue weighted by molar-refractivity contribution is 0.304. The van der Waals surface area contributed by atoms with Crippen molar-refractivity contribution in [3.05, 3.63) is 42.2 Å². The normalized spacial score (nSPS) is 10.3. The predicted octanol–water partition coefficient (Wildman–Crippen LogP) is 1.96. The van der Waals surface area contributed by atoms with E-state index in [0.29, 0.717) is 6.54 Å². The largest absolute Gasteiger partial charge is 0.395 e. The van der Waals surface area contributed by atoms with Crippen molar-refractivity contribution in [2.75, 3.05) is 30.4 Å². The van der Waals surface area contributed by atoms with Crippen LogP contribution in [0.15, 0.2) is 36.7 Å². The molecular formula is C14H18N4O. The Bertz CT molecular complexity index is 544. The maximum Gasteiger partial charge on any atom is 0.135 e. The summed E-state index contributed by atoms with van der Waals surface area (Å²) in [5.41, 5.74) is 2.19. The summed E-state index contributed by atoms with van der Waals surface area (Å²) in [5.74, 6) is 1.51. The minimum Gasteiger partial charge on any atom is -0.395 e. The minimum atomic E-state index is 0.0984. The molecule has 0 amide bonds. The number of aromatic nitrogens is 2. The number of nitrogens with one attached hydrogen (secondary N) is 1. The van der Waals surface area contributed by atoms with E-state index in [1.807, 2.05) is 43.1 Å². The maximum absolute atomic E-state index is 8.93. The van der Waals surface area contributed by atoms with Crippen molar-refractivity contribution >= 4 is 17.3 Å². The Morgan fingerprint density at radius 2 is 2.11 bits per heavy atom. The minimum absolute atomic E-state index is 0.0984. The molecule has 5 nitrogen and oxygen atoms in total. The van der Waals surface area contributed by atoms with Crippen LogP contribution >= 0.6 is 0 Å². The molecule has 0 unspecified atom stereocenters. The molecule has 2 rings (SSSR count). The van der Waals surface area contributed by atoms with Gasteiger partial charge in [-0.3, -0.25) is 0 Å². The van der Waals surface area contributed by atoms with Gasteiger partial charge < -0.3 is 15.3 Å². The third-order valence-electron chi connectivity index (χ3n) is 2.77. The fourth-order valence-electron chi connectivity index (χ4n) is 1.76. The van der Waals surface area contributed by atoms with Crippen molar-refractivity contribution in [1.29, 1.82) is 0 Å². The third kappa shape index (κ3) is 3.66. The van der Waals surface area contributed by atoms with Crippen LogP contribution in [-0.4, -0.2) is 35.3 Å². The number of aliphatic hydroxyl groups excluding tert-OH is 1. The highest BCUT2D eigenvalue weighted by Gasteiger charge is 2.04. The van der Waals surface area contributed by atoms with E-state index in [4.69, 9.17) is 5.11 Å². The zero-order valence-electron chi connectivity index (χ0n) is 11.2. The predicted molar refractivity (Wildman–Crippen MR) is 76.8 cm³/mol. The zero-order chi connectivity index (χ0) is 13.7. The lowest BCUT2D eigenvalue weighted by atomic mass is 10.2. The lowest BCUT2D eigenvalue weighted by Gasteiger charge is -2.17. The fraction of sp³-hybridized carbons (Fsp3) is 0.286. The van der Waals surface area contributed by atoms with E-state index >= 15 is 0 Å². The van der Waals surface area contributed by atoms with Gasteiger partial charge in [0.25, 0.3) is 0 Å². The van der Waals surface area contributed by atoms with Gasteiger partial charge in [0.05, 0.1) is 6.61 Å². The van der Waals surface area contributed by atoms with Crippen LogP contribution in [0.5, 0.6) is 0 Å². The summed E-state index contributed by atoms with van der Waals surface area (Å²) in [7, 11) is 1.88. The second kappa shape index (κ2) is 6.15. The summed E-state index contributed by atoms with van der Waals surface area (Å²) in [6.07, 6.45) is 1.52. The first-order valence-electron chi connectivity index (χ1n) is 6.17. The topological polar surface area (TPSA) is 61.3 Å². The van der Waals surface area contributed by atoms with Crippen LogP contribution < -0.4 is 10.2 Å². The molecule has 0 aliphatic heterocycles. The van der Waals surface area contributed by atoms with Crippen molar-refractivity contribution in [1.82, 2.24) is 9.97 Å². The van der Waals surface area contributed by atoms with Crippen molar-refractivity contribution in [3.63, 3.8) is 0 Å². The van der Waals surface area contributed by atoms with Crippen LogP contribution in [0.4, 0.5) is 17.3 Å². The molecule has 0 saturated heterocycles. The first-order chi connectivity index (χ1) is 9.19. The van der Waals surface area contributed by atoms with E-state index in [0.717, 1.165) is 17.3 Å². The average Bonchev–Trinajstić information content (AvgIpc) is 2.39. The SMILES string of the molecule is Cc1cccc(Nc2cc(N(C)CCO)ncn2)c1. The van der Waals surface area contributed by atoms with E-state index in [1.165, 1.54) is 11.9 Å². The summed E-state index contributed by atoms with van der Waals surface area (Å²) >= 11 is 0. The third-order valence-corrected chi connectivity index (χ3v) is 2.77. The number of anilines is 3. The average molecular weight is 258 g/mol. The highest BCUT2D eigenvalue weighted by atomic mass is 16.3. The van der Waals surface area contributed by atoms with Crippen LogP contribution in [0.1, 0.15) is 5.56 Å². The zero-order valence-corrected chi connectivity index (χ0v) is 11.2. The first kappa shape index (κ1) is 13.3. The highest BCUT2D eigenvalue weighted by Crippen LogP contribution is 2.18. The molecule has 0 atom stereocenters. The van der Waals surface area contributed by atoms with Crippen LogP contribution in [-0.2, 0) is 0 Å². The van der Waals surface area contributed by atoms with Crippen molar-refractivity contribution in [3.8, 4) is 0 Å². The molecule has 0 radical (unpaired) electrons. The molecule has 0 aliphatic carbocycles. The van der Waals surface area contributed by atoms with Gasteiger partial charge in [-0.2, -0.15) is 0 Å². The van der Waals surface area contributed by atoms with Gasteiger partial charge in [-0.25, -0.2) is 9.97 Å². The second-order valence-electron chi connectivity index (χ2n) is 4.40. The monoisotopic (exact) mass is 258 g/mol. The van der Waals surface area contributed by atoms with Gasteiger partial charge in [-0.05, 0) is 24.6 Å². The number of nitrogens with zero attached hydrogens (tertiary/aromatic N) is 3. The second-order valence-corrected chi connectivity index (χ2v) is 4.40. The van der Waals surface area contributed by atoms with Crippen molar-refractivity contribution < 1.29 is 5.11 Å². The molecule has 1 aromatic carbocycles. The van der Waals surface area contributed by atoms with E-state index in [2.05, 4.69) is 21.4 Å². The molecule has 0 aliphatic rings. The number of likely N-dealkylation sites (N-methyl/N-ethyl adjacent to an activating group) is 1. The number of aliphatic hydroxyl groups is 1. The van der Waals surface area contributed by atoms with Gasteiger partial charge in [-0.15, -0.1) is 0 Å². The molecule has 2 aromatic rings. The summed E-state index contributed by atoms with van der Waals surface area (Å²) in [4.78, 5) is 10.3. The molecule has 0 fully saturated rings. The summed E-state index contributed by atoms with van der Waals surface area (Å²) in [5, 5.41) is 12.2. The van der Waals surface area contributed by atoms with Crippen LogP contribution in [0.3, 0.4) is 0 Å². The number of aryl methyl sites for hydroxylation is 1. The maximum atomic E-state index is 8.93. The Labute approximate surface area is 112 Å². The van der Waals surface area contributed by atoms with Gasteiger partial charge in [0.1, 0.15) is 18.0 Å².